The average Bonchev–Trinajstić information content (AvgIpc) is 2.40. The number of carboxylic acid groups (broad SMARTS) is 1. The minimum Gasteiger partial charge on any atom is -0.478 e. The third-order valence-corrected chi connectivity index (χ3v) is 5.09. The topological polar surface area (TPSA) is 110 Å². The lowest BCUT2D eigenvalue weighted by Gasteiger charge is -2.09. The summed E-state index contributed by atoms with van der Waals surface area (Å²) in [5, 5.41) is 8.88. The van der Waals surface area contributed by atoms with Crippen molar-refractivity contribution in [3.05, 3.63) is 27.2 Å². The van der Waals surface area contributed by atoms with E-state index in [0.717, 1.165) is 6.07 Å². The summed E-state index contributed by atoms with van der Waals surface area (Å²) in [6.07, 6.45) is -0.143. The second kappa shape index (κ2) is 7.21. The molecule has 0 spiro atoms. The molecule has 0 fully saturated rings. The fraction of sp³-hybridized carbons (Fsp3) is 0.273. The normalized spacial score (nSPS) is 11.2. The zero-order chi connectivity index (χ0) is 16.2. The van der Waals surface area contributed by atoms with Crippen molar-refractivity contribution in [2.45, 2.75) is 11.3 Å². The molecule has 1 aromatic carbocycles. The Morgan fingerprint density at radius 2 is 2.05 bits per heavy atom. The maximum absolute atomic E-state index is 12.0. The molecule has 0 unspecified atom stereocenters. The molecule has 0 radical (unpaired) electrons. The van der Waals surface area contributed by atoms with Crippen LogP contribution in [0.15, 0.2) is 21.5 Å². The van der Waals surface area contributed by atoms with Gasteiger partial charge < -0.3 is 9.84 Å². The van der Waals surface area contributed by atoms with E-state index < -0.39 is 22.0 Å². The van der Waals surface area contributed by atoms with E-state index in [9.17, 15) is 18.0 Å². The van der Waals surface area contributed by atoms with Crippen LogP contribution in [0.1, 0.15) is 16.8 Å². The number of carboxylic acids is 1. The molecule has 1 aromatic rings. The first-order valence-electron chi connectivity index (χ1n) is 5.48. The zero-order valence-corrected chi connectivity index (χ0v) is 13.9. The van der Waals surface area contributed by atoms with E-state index in [-0.39, 0.29) is 32.9 Å². The highest BCUT2D eigenvalue weighted by Gasteiger charge is 2.21. The fourth-order valence-electron chi connectivity index (χ4n) is 1.35. The summed E-state index contributed by atoms with van der Waals surface area (Å²) in [5.74, 6) is -1.92. The van der Waals surface area contributed by atoms with Crippen molar-refractivity contribution in [1.82, 2.24) is 4.72 Å². The minimum absolute atomic E-state index is 0.101. The third kappa shape index (κ3) is 4.67. The number of carbonyl (C=O) groups excluding carboxylic acids is 1. The van der Waals surface area contributed by atoms with Crippen molar-refractivity contribution >= 4 is 49.5 Å². The molecule has 116 valence electrons. The first-order valence-corrected chi connectivity index (χ1v) is 8.13. The van der Waals surface area contributed by atoms with Gasteiger partial charge in [0.05, 0.1) is 29.0 Å². The molecular weight excluding hydrogens is 390 g/mol. The summed E-state index contributed by atoms with van der Waals surface area (Å²) in [6, 6.07) is 2.12. The number of esters is 1. The van der Waals surface area contributed by atoms with Gasteiger partial charge in [-0.2, -0.15) is 0 Å². The number of hydrogen-bond acceptors (Lipinski definition) is 5. The molecule has 2 N–H and O–H groups in total. The number of sulfonamides is 1. The van der Waals surface area contributed by atoms with Gasteiger partial charge in [-0.1, -0.05) is 11.6 Å². The minimum atomic E-state index is -3.97. The number of benzene rings is 1. The summed E-state index contributed by atoms with van der Waals surface area (Å²) < 4.78 is 30.7. The highest BCUT2D eigenvalue weighted by molar-refractivity contribution is 9.10. The molecule has 0 aromatic heterocycles. The van der Waals surface area contributed by atoms with Gasteiger partial charge in [-0.15, -0.1) is 0 Å². The van der Waals surface area contributed by atoms with Crippen LogP contribution in [0.3, 0.4) is 0 Å². The molecule has 0 heterocycles. The molecule has 21 heavy (non-hydrogen) atoms. The summed E-state index contributed by atoms with van der Waals surface area (Å²) in [4.78, 5) is 21.7. The number of halogens is 2. The maximum Gasteiger partial charge on any atom is 0.337 e. The lowest BCUT2D eigenvalue weighted by molar-refractivity contribution is -0.140. The molecule has 0 saturated carbocycles. The third-order valence-electron chi connectivity index (χ3n) is 2.39. The molecule has 7 nitrogen and oxygen atoms in total. The molecular formula is C11H11BrClNO6S. The Kier molecular flexibility index (Phi) is 6.14. The van der Waals surface area contributed by atoms with E-state index in [0.29, 0.717) is 0 Å². The van der Waals surface area contributed by atoms with Gasteiger partial charge >= 0.3 is 11.9 Å². The quantitative estimate of drug-likeness (QED) is 0.703. The van der Waals surface area contributed by atoms with E-state index in [1.807, 2.05) is 0 Å². The van der Waals surface area contributed by atoms with Crippen LogP contribution in [-0.2, 0) is 19.6 Å². The Labute approximate surface area is 134 Å². The van der Waals surface area contributed by atoms with Gasteiger partial charge in [0.25, 0.3) is 0 Å². The van der Waals surface area contributed by atoms with Crippen LogP contribution in [0.2, 0.25) is 5.02 Å². The van der Waals surface area contributed by atoms with E-state index >= 15 is 0 Å². The maximum atomic E-state index is 12.0. The van der Waals surface area contributed by atoms with Gasteiger partial charge in [-0.05, 0) is 28.1 Å². The Hall–Kier alpha value is -1.16. The number of methoxy groups -OCH3 is 1. The first-order chi connectivity index (χ1) is 9.69. The van der Waals surface area contributed by atoms with Crippen molar-refractivity contribution in [2.75, 3.05) is 13.7 Å². The predicted molar refractivity (Wildman–Crippen MR) is 77.9 cm³/mol. The monoisotopic (exact) mass is 399 g/mol. The van der Waals surface area contributed by atoms with Crippen molar-refractivity contribution < 1.29 is 27.9 Å². The fourth-order valence-corrected chi connectivity index (χ4v) is 3.23. The highest BCUT2D eigenvalue weighted by Crippen LogP contribution is 2.29. The summed E-state index contributed by atoms with van der Waals surface area (Å²) >= 11 is 8.77. The van der Waals surface area contributed by atoms with Crippen molar-refractivity contribution in [3.63, 3.8) is 0 Å². The van der Waals surface area contributed by atoms with Crippen LogP contribution in [0.25, 0.3) is 0 Å². The number of carbonyl (C=O) groups is 2. The van der Waals surface area contributed by atoms with E-state index in [1.54, 1.807) is 0 Å². The largest absolute Gasteiger partial charge is 0.478 e. The van der Waals surface area contributed by atoms with Crippen LogP contribution < -0.4 is 4.72 Å². The summed E-state index contributed by atoms with van der Waals surface area (Å²) in [5.41, 5.74) is -0.348. The Balaban J connectivity index is 3.04. The second-order valence-corrected chi connectivity index (χ2v) is 6.79. The van der Waals surface area contributed by atoms with Gasteiger partial charge in [0, 0.05) is 11.0 Å². The molecule has 0 amide bonds. The van der Waals surface area contributed by atoms with Crippen molar-refractivity contribution in [1.29, 1.82) is 0 Å². The number of hydrogen-bond donors (Lipinski definition) is 2. The smallest absolute Gasteiger partial charge is 0.337 e. The molecule has 0 aliphatic carbocycles. The van der Waals surface area contributed by atoms with Gasteiger partial charge in [-0.3, -0.25) is 4.79 Å². The van der Waals surface area contributed by atoms with E-state index in [2.05, 4.69) is 25.4 Å². The molecule has 0 aliphatic rings. The van der Waals surface area contributed by atoms with Gasteiger partial charge in [0.2, 0.25) is 10.0 Å². The van der Waals surface area contributed by atoms with E-state index in [1.165, 1.54) is 13.2 Å². The van der Waals surface area contributed by atoms with E-state index in [4.69, 9.17) is 16.7 Å². The van der Waals surface area contributed by atoms with Crippen LogP contribution in [0.5, 0.6) is 0 Å². The predicted octanol–water partition coefficient (Wildman–Crippen LogP) is 1.64. The summed E-state index contributed by atoms with van der Waals surface area (Å²) in [7, 11) is -2.78. The number of aromatic carboxylic acids is 1. The Morgan fingerprint density at radius 1 is 1.43 bits per heavy atom. The second-order valence-electron chi connectivity index (χ2n) is 3.80. The van der Waals surface area contributed by atoms with Crippen LogP contribution in [-0.4, -0.2) is 39.1 Å². The molecule has 0 aliphatic heterocycles. The summed E-state index contributed by atoms with van der Waals surface area (Å²) in [6.45, 7) is -0.169. The highest BCUT2D eigenvalue weighted by atomic mass is 79.9. The lowest BCUT2D eigenvalue weighted by Crippen LogP contribution is -2.27. The lowest BCUT2D eigenvalue weighted by atomic mass is 10.2. The first kappa shape index (κ1) is 17.9. The van der Waals surface area contributed by atoms with Gasteiger partial charge in [0.1, 0.15) is 0 Å². The molecule has 0 bridgehead atoms. The van der Waals surface area contributed by atoms with Crippen molar-refractivity contribution in [3.8, 4) is 0 Å². The standard InChI is InChI=1S/C11H11BrClNO6S/c1-20-9(15)2-3-14-21(18,19)6-4-7(11(16)17)10(13)8(12)5-6/h4-5,14H,2-3H2,1H3,(H,16,17). The number of rotatable bonds is 6. The van der Waals surface area contributed by atoms with Crippen molar-refractivity contribution in [2.24, 2.45) is 0 Å². The average molecular weight is 401 g/mol. The zero-order valence-electron chi connectivity index (χ0n) is 10.7. The Morgan fingerprint density at radius 3 is 2.57 bits per heavy atom. The van der Waals surface area contributed by atoms with Gasteiger partial charge in [0.15, 0.2) is 0 Å². The SMILES string of the molecule is COC(=O)CCNS(=O)(=O)c1cc(Br)c(Cl)c(C(=O)O)c1. The van der Waals surface area contributed by atoms with Crippen LogP contribution in [0.4, 0.5) is 0 Å². The Bertz CT molecular complexity index is 676. The van der Waals surface area contributed by atoms with Crippen LogP contribution >= 0.6 is 27.5 Å². The van der Waals surface area contributed by atoms with Gasteiger partial charge in [-0.25, -0.2) is 17.9 Å². The number of nitrogens with one attached hydrogen (secondary N) is 1. The molecule has 1 rings (SSSR count). The molecule has 0 atom stereocenters. The molecule has 0 saturated heterocycles. The number of ether oxygens (including phenoxy) is 1. The molecule has 10 heteroatoms. The van der Waals surface area contributed by atoms with Crippen LogP contribution in [0, 0.1) is 0 Å².